The summed E-state index contributed by atoms with van der Waals surface area (Å²) >= 11 is 6.31. The predicted molar refractivity (Wildman–Crippen MR) is 100 cm³/mol. The molecule has 28 heavy (non-hydrogen) atoms. The maximum absolute atomic E-state index is 12.7. The summed E-state index contributed by atoms with van der Waals surface area (Å²) in [5.41, 5.74) is 3.25. The van der Waals surface area contributed by atoms with Gasteiger partial charge in [0.1, 0.15) is 12.9 Å². The molecule has 2 aliphatic carbocycles. The van der Waals surface area contributed by atoms with Crippen LogP contribution < -0.4 is 5.56 Å². The molecule has 140 valence electrons. The number of rotatable bonds is 3. The predicted octanol–water partition coefficient (Wildman–Crippen LogP) is 2.27. The first kappa shape index (κ1) is 16.0. The first-order chi connectivity index (χ1) is 13.6. The van der Waals surface area contributed by atoms with Crippen LogP contribution in [0.1, 0.15) is 34.7 Å². The number of hydrogen-bond donors (Lipinski definition) is 0. The van der Waals surface area contributed by atoms with Crippen molar-refractivity contribution in [2.24, 2.45) is 13.0 Å². The molecule has 1 saturated carbocycles. The van der Waals surface area contributed by atoms with Gasteiger partial charge in [-0.2, -0.15) is 4.98 Å². The summed E-state index contributed by atoms with van der Waals surface area (Å²) in [7, 11) is 1.77. The molecule has 3 unspecified atom stereocenters. The number of hydrogen-bond acceptors (Lipinski definition) is 6. The first-order valence-corrected chi connectivity index (χ1v) is 9.46. The van der Waals surface area contributed by atoms with Gasteiger partial charge in [-0.3, -0.25) is 9.36 Å². The van der Waals surface area contributed by atoms with Crippen LogP contribution in [-0.2, 0) is 20.0 Å². The van der Waals surface area contributed by atoms with Crippen LogP contribution in [0.4, 0.5) is 0 Å². The molecule has 0 amide bonds. The summed E-state index contributed by atoms with van der Waals surface area (Å²) < 4.78 is 8.55. The molecule has 8 nitrogen and oxygen atoms in total. The van der Waals surface area contributed by atoms with Crippen LogP contribution in [0, 0.1) is 5.92 Å². The zero-order valence-corrected chi connectivity index (χ0v) is 15.7. The molecule has 0 bridgehead atoms. The Balaban J connectivity index is 1.28. The third-order valence-electron chi connectivity index (χ3n) is 5.91. The van der Waals surface area contributed by atoms with Gasteiger partial charge in [0, 0.05) is 18.0 Å². The third kappa shape index (κ3) is 2.15. The van der Waals surface area contributed by atoms with E-state index in [-0.39, 0.29) is 18.0 Å². The Bertz CT molecular complexity index is 1310. The van der Waals surface area contributed by atoms with Gasteiger partial charge in [0.05, 0.1) is 6.33 Å². The Morgan fingerprint density at radius 3 is 3.00 bits per heavy atom. The second-order valence-corrected chi connectivity index (χ2v) is 7.89. The monoisotopic (exact) mass is 394 g/mol. The Labute approximate surface area is 163 Å². The first-order valence-electron chi connectivity index (χ1n) is 9.08. The summed E-state index contributed by atoms with van der Waals surface area (Å²) in [6.45, 7) is 0.185. The van der Waals surface area contributed by atoms with Gasteiger partial charge in [0.15, 0.2) is 17.0 Å². The lowest BCUT2D eigenvalue weighted by Gasteiger charge is -2.06. The highest BCUT2D eigenvalue weighted by atomic mass is 35.5. The highest BCUT2D eigenvalue weighted by Gasteiger charge is 2.58. The van der Waals surface area contributed by atoms with E-state index in [2.05, 4.69) is 26.2 Å². The van der Waals surface area contributed by atoms with Gasteiger partial charge in [-0.1, -0.05) is 28.9 Å². The number of aromatic nitrogens is 6. The fraction of sp³-hybridized carbons (Fsp3) is 0.316. The maximum atomic E-state index is 12.7. The lowest BCUT2D eigenvalue weighted by atomic mass is 10.0. The minimum Gasteiger partial charge on any atom is -0.337 e. The fourth-order valence-electron chi connectivity index (χ4n) is 4.54. The Kier molecular flexibility index (Phi) is 3.15. The van der Waals surface area contributed by atoms with Gasteiger partial charge < -0.3 is 9.09 Å². The van der Waals surface area contributed by atoms with Gasteiger partial charge in [-0.15, -0.1) is 0 Å². The summed E-state index contributed by atoms with van der Waals surface area (Å²) in [6, 6.07) is 6.08. The summed E-state index contributed by atoms with van der Waals surface area (Å²) in [4.78, 5) is 25.5. The van der Waals surface area contributed by atoms with Crippen LogP contribution in [0.3, 0.4) is 0 Å². The van der Waals surface area contributed by atoms with Crippen LogP contribution >= 0.6 is 11.6 Å². The van der Waals surface area contributed by atoms with E-state index in [0.29, 0.717) is 34.7 Å². The number of halogens is 1. The van der Waals surface area contributed by atoms with Crippen molar-refractivity contribution in [3.05, 3.63) is 69.1 Å². The van der Waals surface area contributed by atoms with E-state index >= 15 is 0 Å². The quantitative estimate of drug-likeness (QED) is 0.529. The molecule has 4 aromatic rings. The van der Waals surface area contributed by atoms with Gasteiger partial charge >= 0.3 is 0 Å². The maximum Gasteiger partial charge on any atom is 0.280 e. The van der Waals surface area contributed by atoms with Crippen LogP contribution in [-0.4, -0.2) is 29.2 Å². The number of aryl methyl sites for hydroxylation is 1. The van der Waals surface area contributed by atoms with Crippen molar-refractivity contribution >= 4 is 22.8 Å². The fourth-order valence-corrected chi connectivity index (χ4v) is 4.80. The second-order valence-electron chi connectivity index (χ2n) is 7.48. The molecule has 0 spiro atoms. The van der Waals surface area contributed by atoms with E-state index in [9.17, 15) is 4.79 Å². The van der Waals surface area contributed by atoms with E-state index in [1.807, 2.05) is 12.1 Å². The molecule has 3 heterocycles. The van der Waals surface area contributed by atoms with Crippen molar-refractivity contribution in [3.8, 4) is 0 Å². The topological polar surface area (TPSA) is 91.6 Å². The zero-order valence-electron chi connectivity index (χ0n) is 14.9. The molecule has 3 atom stereocenters. The van der Waals surface area contributed by atoms with Crippen molar-refractivity contribution in [2.45, 2.75) is 24.8 Å². The molecule has 1 fully saturated rings. The Hall–Kier alpha value is -3.00. The van der Waals surface area contributed by atoms with E-state index < -0.39 is 0 Å². The van der Waals surface area contributed by atoms with Gasteiger partial charge in [0.2, 0.25) is 5.89 Å². The SMILES string of the molecule is Cn1cnc2ncn(Cc3nc(C4C5Cc6c(Cl)cccc6C54)no3)c(=O)c21. The van der Waals surface area contributed by atoms with Crippen molar-refractivity contribution in [1.82, 2.24) is 29.2 Å². The van der Waals surface area contributed by atoms with Crippen molar-refractivity contribution in [1.29, 1.82) is 0 Å². The van der Waals surface area contributed by atoms with Crippen LogP contribution in [0.2, 0.25) is 5.02 Å². The minimum absolute atomic E-state index is 0.184. The van der Waals surface area contributed by atoms with Gasteiger partial charge in [-0.05, 0) is 35.4 Å². The highest BCUT2D eigenvalue weighted by Crippen LogP contribution is 2.66. The van der Waals surface area contributed by atoms with Crippen molar-refractivity contribution in [3.63, 3.8) is 0 Å². The summed E-state index contributed by atoms with van der Waals surface area (Å²) in [5, 5.41) is 5.02. The minimum atomic E-state index is -0.184. The van der Waals surface area contributed by atoms with E-state index in [1.54, 1.807) is 17.9 Å². The molecule has 9 heteroatoms. The smallest absolute Gasteiger partial charge is 0.280 e. The summed E-state index contributed by atoms with van der Waals surface area (Å²) in [5.74, 6) is 2.26. The summed E-state index contributed by atoms with van der Waals surface area (Å²) in [6.07, 6.45) is 3.99. The van der Waals surface area contributed by atoms with Crippen LogP contribution in [0.5, 0.6) is 0 Å². The molecule has 6 rings (SSSR count). The van der Waals surface area contributed by atoms with Gasteiger partial charge in [-0.25, -0.2) is 9.97 Å². The molecule has 1 aromatic carbocycles. The van der Waals surface area contributed by atoms with Gasteiger partial charge in [0.25, 0.3) is 5.56 Å². The van der Waals surface area contributed by atoms with E-state index in [0.717, 1.165) is 11.4 Å². The molecular weight excluding hydrogens is 380 g/mol. The number of fused-ring (bicyclic) bond motifs is 4. The zero-order chi connectivity index (χ0) is 19.0. The third-order valence-corrected chi connectivity index (χ3v) is 6.26. The highest BCUT2D eigenvalue weighted by molar-refractivity contribution is 6.31. The van der Waals surface area contributed by atoms with E-state index in [1.165, 1.54) is 22.0 Å². The second kappa shape index (κ2) is 5.51. The average molecular weight is 395 g/mol. The van der Waals surface area contributed by atoms with Crippen molar-refractivity contribution in [2.75, 3.05) is 0 Å². The van der Waals surface area contributed by atoms with Crippen LogP contribution in [0.15, 0.2) is 40.2 Å². The number of imidazole rings is 1. The molecule has 0 saturated heterocycles. The molecule has 3 aromatic heterocycles. The normalized spacial score (nSPS) is 22.4. The standard InChI is InChI=1S/C19H15ClN6O2/c1-25-7-21-18-16(25)19(27)26(8-22-18)6-13-23-17(24-28-13)15-11-5-10-9(14(11)15)3-2-4-12(10)20/h2-4,7-8,11,14-15H,5-6H2,1H3. The lowest BCUT2D eigenvalue weighted by molar-refractivity contribution is 0.364. The molecular formula is C19H15ClN6O2. The Morgan fingerprint density at radius 2 is 2.11 bits per heavy atom. The Morgan fingerprint density at radius 1 is 1.25 bits per heavy atom. The largest absolute Gasteiger partial charge is 0.337 e. The molecule has 2 aliphatic rings. The average Bonchev–Trinajstić information content (AvgIpc) is 3.04. The number of nitrogens with zero attached hydrogens (tertiary/aromatic N) is 6. The van der Waals surface area contributed by atoms with Crippen molar-refractivity contribution < 1.29 is 4.52 Å². The molecule has 0 radical (unpaired) electrons. The molecule has 0 aliphatic heterocycles. The lowest BCUT2D eigenvalue weighted by Crippen LogP contribution is -2.22. The van der Waals surface area contributed by atoms with Crippen LogP contribution in [0.25, 0.3) is 11.2 Å². The number of benzene rings is 1. The van der Waals surface area contributed by atoms with E-state index in [4.69, 9.17) is 16.1 Å². The molecule has 0 N–H and O–H groups in total.